The number of imidazole rings is 1. The summed E-state index contributed by atoms with van der Waals surface area (Å²) < 4.78 is 8.03. The van der Waals surface area contributed by atoms with Crippen LogP contribution in [0, 0.1) is 5.92 Å². The Morgan fingerprint density at radius 3 is 3.05 bits per heavy atom. The Labute approximate surface area is 124 Å². The third-order valence-corrected chi connectivity index (χ3v) is 5.25. The summed E-state index contributed by atoms with van der Waals surface area (Å²) in [5.74, 6) is 0.347. The molecule has 0 bridgehead atoms. The molecule has 4 nitrogen and oxygen atoms in total. The molecule has 2 unspecified atom stereocenters. The monoisotopic (exact) mass is 286 g/mol. The molecule has 21 heavy (non-hydrogen) atoms. The third-order valence-electron chi connectivity index (χ3n) is 5.25. The zero-order valence-electron chi connectivity index (χ0n) is 12.2. The highest BCUT2D eigenvalue weighted by molar-refractivity contribution is 5.74. The Morgan fingerprint density at radius 1 is 1.38 bits per heavy atom. The largest absolute Gasteiger partial charge is 0.391 e. The predicted molar refractivity (Wildman–Crippen MR) is 81.0 cm³/mol. The molecule has 2 heterocycles. The van der Waals surface area contributed by atoms with Crippen LogP contribution in [0.2, 0.25) is 0 Å². The maximum Gasteiger partial charge on any atom is 0.0959 e. The molecular formula is C17H22N2O2. The van der Waals surface area contributed by atoms with Crippen LogP contribution in [0.4, 0.5) is 0 Å². The average molecular weight is 286 g/mol. The summed E-state index contributed by atoms with van der Waals surface area (Å²) in [6.07, 6.45) is 7.12. The molecular weight excluding hydrogens is 264 g/mol. The summed E-state index contributed by atoms with van der Waals surface area (Å²) in [5.41, 5.74) is 2.19. The Bertz CT molecular complexity index is 633. The second-order valence-electron chi connectivity index (χ2n) is 6.59. The lowest BCUT2D eigenvalue weighted by molar-refractivity contribution is -0.157. The Morgan fingerprint density at radius 2 is 2.24 bits per heavy atom. The first-order valence-electron chi connectivity index (χ1n) is 7.98. The molecule has 1 aromatic heterocycles. The van der Waals surface area contributed by atoms with Gasteiger partial charge in [0.25, 0.3) is 0 Å². The number of rotatable bonds is 3. The summed E-state index contributed by atoms with van der Waals surface area (Å²) in [5, 5.41) is 10.7. The maximum atomic E-state index is 10.7. The van der Waals surface area contributed by atoms with Crippen LogP contribution in [-0.2, 0) is 11.3 Å². The molecule has 1 aliphatic carbocycles. The van der Waals surface area contributed by atoms with Gasteiger partial charge in [-0.15, -0.1) is 0 Å². The number of hydrogen-bond acceptors (Lipinski definition) is 3. The van der Waals surface area contributed by atoms with Crippen molar-refractivity contribution >= 4 is 11.0 Å². The van der Waals surface area contributed by atoms with Gasteiger partial charge in [0.1, 0.15) is 0 Å². The number of nitrogens with zero attached hydrogens (tertiary/aromatic N) is 2. The number of para-hydroxylation sites is 2. The molecule has 2 aromatic rings. The molecule has 112 valence electrons. The molecule has 2 atom stereocenters. The minimum absolute atomic E-state index is 0.0981. The fourth-order valence-corrected chi connectivity index (χ4v) is 3.82. The lowest BCUT2D eigenvalue weighted by Crippen LogP contribution is -2.48. The standard InChI is InChI=1S/C17H22N2O2/c20-16(13-6-9-21-17(10-13)7-3-8-17)11-19-12-18-14-4-1-2-5-15(14)19/h1-2,4-5,12-13,16,20H,3,6-11H2. The van der Waals surface area contributed by atoms with E-state index < -0.39 is 0 Å². The van der Waals surface area contributed by atoms with E-state index in [2.05, 4.69) is 15.6 Å². The molecule has 4 heteroatoms. The second kappa shape index (κ2) is 5.11. The van der Waals surface area contributed by atoms with Gasteiger partial charge < -0.3 is 14.4 Å². The zero-order valence-corrected chi connectivity index (χ0v) is 12.2. The molecule has 2 fully saturated rings. The van der Waals surface area contributed by atoms with Crippen LogP contribution >= 0.6 is 0 Å². The van der Waals surface area contributed by atoms with Crippen molar-refractivity contribution in [3.8, 4) is 0 Å². The quantitative estimate of drug-likeness (QED) is 0.943. The Hall–Kier alpha value is -1.39. The predicted octanol–water partition coefficient (Wildman–Crippen LogP) is 2.75. The number of ether oxygens (including phenoxy) is 1. The fourth-order valence-electron chi connectivity index (χ4n) is 3.82. The van der Waals surface area contributed by atoms with Gasteiger partial charge in [-0.1, -0.05) is 12.1 Å². The van der Waals surface area contributed by atoms with Gasteiger partial charge in [0.15, 0.2) is 0 Å². The van der Waals surface area contributed by atoms with Crippen molar-refractivity contribution in [2.45, 2.75) is 50.4 Å². The Balaban J connectivity index is 1.49. The smallest absolute Gasteiger partial charge is 0.0959 e. The highest BCUT2D eigenvalue weighted by atomic mass is 16.5. The molecule has 0 amide bonds. The highest BCUT2D eigenvalue weighted by Crippen LogP contribution is 2.45. The SMILES string of the molecule is OC(Cn1cnc2ccccc21)C1CCOC2(CCC2)C1. The molecule has 1 spiro atoms. The van der Waals surface area contributed by atoms with Crippen molar-refractivity contribution < 1.29 is 9.84 Å². The van der Waals surface area contributed by atoms with Crippen LogP contribution in [0.3, 0.4) is 0 Å². The van der Waals surface area contributed by atoms with Gasteiger partial charge >= 0.3 is 0 Å². The van der Waals surface area contributed by atoms with Gasteiger partial charge in [0.2, 0.25) is 0 Å². The highest BCUT2D eigenvalue weighted by Gasteiger charge is 2.44. The van der Waals surface area contributed by atoms with Crippen molar-refractivity contribution in [2.24, 2.45) is 5.92 Å². The number of benzene rings is 1. The molecule has 2 aliphatic rings. The molecule has 1 aromatic carbocycles. The normalized spacial score (nSPS) is 25.9. The molecule has 0 radical (unpaired) electrons. The first kappa shape index (κ1) is 13.3. The summed E-state index contributed by atoms with van der Waals surface area (Å²) in [7, 11) is 0. The van der Waals surface area contributed by atoms with E-state index in [9.17, 15) is 5.11 Å². The van der Waals surface area contributed by atoms with E-state index in [1.165, 1.54) is 19.3 Å². The second-order valence-corrected chi connectivity index (χ2v) is 6.59. The topological polar surface area (TPSA) is 47.3 Å². The number of aliphatic hydroxyl groups is 1. The van der Waals surface area contributed by atoms with Crippen LogP contribution in [0.1, 0.15) is 32.1 Å². The minimum Gasteiger partial charge on any atom is -0.391 e. The summed E-state index contributed by atoms with van der Waals surface area (Å²) >= 11 is 0. The van der Waals surface area contributed by atoms with Gasteiger partial charge in [-0.3, -0.25) is 0 Å². The van der Waals surface area contributed by atoms with Crippen LogP contribution in [0.25, 0.3) is 11.0 Å². The lowest BCUT2D eigenvalue weighted by Gasteiger charge is -2.48. The van der Waals surface area contributed by atoms with E-state index in [0.717, 1.165) is 30.5 Å². The van der Waals surface area contributed by atoms with Gasteiger partial charge in [-0.05, 0) is 50.2 Å². The van der Waals surface area contributed by atoms with Crippen molar-refractivity contribution in [2.75, 3.05) is 6.61 Å². The lowest BCUT2D eigenvalue weighted by atomic mass is 9.71. The molecule has 1 saturated carbocycles. The van der Waals surface area contributed by atoms with Crippen molar-refractivity contribution in [3.63, 3.8) is 0 Å². The number of fused-ring (bicyclic) bond motifs is 1. The average Bonchev–Trinajstić information content (AvgIpc) is 2.89. The summed E-state index contributed by atoms with van der Waals surface area (Å²) in [6.45, 7) is 1.42. The first-order chi connectivity index (χ1) is 10.3. The fraction of sp³-hybridized carbons (Fsp3) is 0.588. The van der Waals surface area contributed by atoms with Crippen molar-refractivity contribution in [1.82, 2.24) is 9.55 Å². The van der Waals surface area contributed by atoms with Gasteiger partial charge in [-0.2, -0.15) is 0 Å². The van der Waals surface area contributed by atoms with Gasteiger partial charge in [0.05, 0.1) is 35.6 Å². The van der Waals surface area contributed by atoms with E-state index in [-0.39, 0.29) is 11.7 Å². The minimum atomic E-state index is -0.316. The van der Waals surface area contributed by atoms with Crippen LogP contribution in [0.5, 0.6) is 0 Å². The van der Waals surface area contributed by atoms with Gasteiger partial charge in [0, 0.05) is 6.61 Å². The molecule has 1 saturated heterocycles. The van der Waals surface area contributed by atoms with E-state index in [1.807, 2.05) is 24.5 Å². The van der Waals surface area contributed by atoms with Crippen LogP contribution in [-0.4, -0.2) is 33.0 Å². The molecule has 1 N–H and O–H groups in total. The van der Waals surface area contributed by atoms with E-state index in [0.29, 0.717) is 12.5 Å². The number of aromatic nitrogens is 2. The van der Waals surface area contributed by atoms with Crippen LogP contribution in [0.15, 0.2) is 30.6 Å². The third kappa shape index (κ3) is 2.36. The van der Waals surface area contributed by atoms with Gasteiger partial charge in [-0.25, -0.2) is 4.98 Å². The van der Waals surface area contributed by atoms with E-state index in [1.54, 1.807) is 0 Å². The van der Waals surface area contributed by atoms with E-state index in [4.69, 9.17) is 4.74 Å². The maximum absolute atomic E-state index is 10.7. The summed E-state index contributed by atoms with van der Waals surface area (Å²) in [6, 6.07) is 8.09. The van der Waals surface area contributed by atoms with Crippen molar-refractivity contribution in [3.05, 3.63) is 30.6 Å². The number of hydrogen-bond donors (Lipinski definition) is 1. The molecule has 4 rings (SSSR count). The molecule has 1 aliphatic heterocycles. The Kier molecular flexibility index (Phi) is 3.23. The van der Waals surface area contributed by atoms with Crippen LogP contribution < -0.4 is 0 Å². The number of aliphatic hydroxyl groups excluding tert-OH is 1. The van der Waals surface area contributed by atoms with E-state index >= 15 is 0 Å². The zero-order chi connectivity index (χ0) is 14.3. The first-order valence-corrected chi connectivity index (χ1v) is 7.98. The summed E-state index contributed by atoms with van der Waals surface area (Å²) in [4.78, 5) is 4.40. The van der Waals surface area contributed by atoms with Crippen molar-refractivity contribution in [1.29, 1.82) is 0 Å².